The Bertz CT molecular complexity index is 743. The van der Waals surface area contributed by atoms with Crippen molar-refractivity contribution in [3.63, 3.8) is 0 Å². The van der Waals surface area contributed by atoms with Crippen molar-refractivity contribution in [3.05, 3.63) is 64.7 Å². The second-order valence-electron chi connectivity index (χ2n) is 5.52. The number of halogens is 1. The average molecular weight is 354 g/mol. The number of hydrogen-bond acceptors (Lipinski definition) is 3. The number of hydrogen-bond donors (Lipinski definition) is 1. The molecule has 1 N–H and O–H groups in total. The zero-order valence-corrected chi connectivity index (χ0v) is 14.7. The second-order valence-corrected chi connectivity index (χ2v) is 7.76. The smallest absolute Gasteiger partial charge is 0.216 e. The van der Waals surface area contributed by atoms with Gasteiger partial charge in [0.2, 0.25) is 10.0 Å². The summed E-state index contributed by atoms with van der Waals surface area (Å²) in [5, 5.41) is 0.526. The van der Waals surface area contributed by atoms with Gasteiger partial charge in [-0.1, -0.05) is 35.9 Å². The highest BCUT2D eigenvalue weighted by molar-refractivity contribution is 7.88. The van der Waals surface area contributed by atoms with E-state index in [2.05, 4.69) is 4.72 Å². The van der Waals surface area contributed by atoms with E-state index in [-0.39, 0.29) is 18.4 Å². The number of ether oxygens (including phenoxy) is 1. The summed E-state index contributed by atoms with van der Waals surface area (Å²) in [7, 11) is -3.42. The molecule has 2 aromatic rings. The molecule has 0 bridgehead atoms. The lowest BCUT2D eigenvalue weighted by Crippen LogP contribution is -2.24. The molecule has 0 aromatic heterocycles. The molecule has 0 unspecified atom stereocenters. The van der Waals surface area contributed by atoms with Crippen LogP contribution in [0.1, 0.15) is 25.0 Å². The molecule has 2 aromatic carbocycles. The Morgan fingerprint density at radius 2 is 1.78 bits per heavy atom. The molecule has 2 rings (SSSR count). The molecule has 0 spiro atoms. The zero-order chi connectivity index (χ0) is 16.9. The minimum absolute atomic E-state index is 0.0951. The van der Waals surface area contributed by atoms with Gasteiger partial charge in [0.25, 0.3) is 0 Å². The molecule has 0 amide bonds. The predicted octanol–water partition coefficient (Wildman–Crippen LogP) is 3.75. The molecule has 4 nitrogen and oxygen atoms in total. The van der Waals surface area contributed by atoms with E-state index in [1.165, 1.54) is 0 Å². The third kappa shape index (κ3) is 6.22. The summed E-state index contributed by atoms with van der Waals surface area (Å²) in [5.41, 5.74) is 1.53. The molecule has 0 atom stereocenters. The van der Waals surface area contributed by atoms with Crippen LogP contribution in [0.3, 0.4) is 0 Å². The minimum Gasteiger partial charge on any atom is -0.491 e. The van der Waals surface area contributed by atoms with E-state index in [0.29, 0.717) is 10.6 Å². The summed E-state index contributed by atoms with van der Waals surface area (Å²) in [5.74, 6) is 0.674. The van der Waals surface area contributed by atoms with Crippen molar-refractivity contribution < 1.29 is 13.2 Å². The fourth-order valence-corrected chi connectivity index (χ4v) is 3.37. The molecule has 6 heteroatoms. The van der Waals surface area contributed by atoms with Crippen molar-refractivity contribution in [2.45, 2.75) is 32.2 Å². The first-order valence-electron chi connectivity index (χ1n) is 7.31. The lowest BCUT2D eigenvalue weighted by molar-refractivity contribution is 0.242. The van der Waals surface area contributed by atoms with Gasteiger partial charge in [0.1, 0.15) is 5.75 Å². The highest BCUT2D eigenvalue weighted by atomic mass is 35.5. The average Bonchev–Trinajstić information content (AvgIpc) is 2.45. The Kier molecular flexibility index (Phi) is 6.04. The number of nitrogens with one attached hydrogen (secondary N) is 1. The Morgan fingerprint density at radius 1 is 1.09 bits per heavy atom. The molecule has 0 heterocycles. The Morgan fingerprint density at radius 3 is 2.39 bits per heavy atom. The van der Waals surface area contributed by atoms with Crippen molar-refractivity contribution in [1.82, 2.24) is 4.72 Å². The molecular formula is C17H20ClNO3S. The second kappa shape index (κ2) is 7.81. The third-order valence-corrected chi connectivity index (χ3v) is 4.57. The van der Waals surface area contributed by atoms with E-state index in [0.717, 1.165) is 11.3 Å². The first-order chi connectivity index (χ1) is 10.8. The lowest BCUT2D eigenvalue weighted by atomic mass is 10.2. The molecule has 0 fully saturated rings. The monoisotopic (exact) mass is 353 g/mol. The van der Waals surface area contributed by atoms with Crippen LogP contribution >= 0.6 is 11.6 Å². The van der Waals surface area contributed by atoms with Gasteiger partial charge >= 0.3 is 0 Å². The van der Waals surface area contributed by atoms with Gasteiger partial charge in [-0.2, -0.15) is 0 Å². The molecule has 124 valence electrons. The van der Waals surface area contributed by atoms with Gasteiger partial charge < -0.3 is 4.74 Å². The molecule has 23 heavy (non-hydrogen) atoms. The highest BCUT2D eigenvalue weighted by Crippen LogP contribution is 2.15. The maximum absolute atomic E-state index is 12.1. The summed E-state index contributed by atoms with van der Waals surface area (Å²) in [6.07, 6.45) is 0.108. The third-order valence-electron chi connectivity index (χ3n) is 3.04. The summed E-state index contributed by atoms with van der Waals surface area (Å²) in [4.78, 5) is 0. The van der Waals surface area contributed by atoms with Crippen LogP contribution in [-0.4, -0.2) is 14.5 Å². The van der Waals surface area contributed by atoms with E-state index in [1.807, 2.05) is 38.1 Å². The molecule has 0 aliphatic heterocycles. The van der Waals surface area contributed by atoms with Crippen LogP contribution in [0, 0.1) is 0 Å². The van der Waals surface area contributed by atoms with E-state index in [9.17, 15) is 8.42 Å². The molecule has 0 saturated heterocycles. The van der Waals surface area contributed by atoms with Crippen molar-refractivity contribution in [1.29, 1.82) is 0 Å². The Hall–Kier alpha value is -1.56. The molecule has 0 saturated carbocycles. The zero-order valence-electron chi connectivity index (χ0n) is 13.1. The molecular weight excluding hydrogens is 334 g/mol. The summed E-state index contributed by atoms with van der Waals surface area (Å²) < 4.78 is 32.4. The Labute approximate surface area is 142 Å². The van der Waals surface area contributed by atoms with E-state index in [1.54, 1.807) is 24.3 Å². The van der Waals surface area contributed by atoms with Gasteiger partial charge in [-0.15, -0.1) is 0 Å². The minimum atomic E-state index is -3.42. The lowest BCUT2D eigenvalue weighted by Gasteiger charge is -2.11. The quantitative estimate of drug-likeness (QED) is 0.824. The van der Waals surface area contributed by atoms with Gasteiger partial charge in [-0.25, -0.2) is 13.1 Å². The SMILES string of the molecule is CC(C)Oc1ccc(CNS(=O)(=O)Cc2cccc(Cl)c2)cc1. The van der Waals surface area contributed by atoms with Gasteiger partial charge in [0, 0.05) is 11.6 Å². The van der Waals surface area contributed by atoms with Gasteiger partial charge in [0.05, 0.1) is 11.9 Å². The van der Waals surface area contributed by atoms with E-state index < -0.39 is 10.0 Å². The maximum Gasteiger partial charge on any atom is 0.216 e. The predicted molar refractivity (Wildman–Crippen MR) is 93.1 cm³/mol. The van der Waals surface area contributed by atoms with Crippen molar-refractivity contribution in [3.8, 4) is 5.75 Å². The summed E-state index contributed by atoms with van der Waals surface area (Å²) >= 11 is 5.87. The topological polar surface area (TPSA) is 55.4 Å². The molecule has 0 aliphatic rings. The van der Waals surface area contributed by atoms with Crippen LogP contribution in [0.4, 0.5) is 0 Å². The number of benzene rings is 2. The van der Waals surface area contributed by atoms with Crippen LogP contribution in [0.5, 0.6) is 5.75 Å². The fraction of sp³-hybridized carbons (Fsp3) is 0.294. The van der Waals surface area contributed by atoms with Gasteiger partial charge in [-0.3, -0.25) is 0 Å². The highest BCUT2D eigenvalue weighted by Gasteiger charge is 2.11. The van der Waals surface area contributed by atoms with E-state index >= 15 is 0 Å². The van der Waals surface area contributed by atoms with Gasteiger partial charge in [0.15, 0.2) is 0 Å². The van der Waals surface area contributed by atoms with Crippen LogP contribution in [0.15, 0.2) is 48.5 Å². The van der Waals surface area contributed by atoms with Crippen LogP contribution in [-0.2, 0) is 22.3 Å². The van der Waals surface area contributed by atoms with Crippen molar-refractivity contribution >= 4 is 21.6 Å². The van der Waals surface area contributed by atoms with Crippen molar-refractivity contribution in [2.75, 3.05) is 0 Å². The van der Waals surface area contributed by atoms with Crippen LogP contribution < -0.4 is 9.46 Å². The first-order valence-corrected chi connectivity index (χ1v) is 9.34. The van der Waals surface area contributed by atoms with Crippen LogP contribution in [0.25, 0.3) is 0 Å². The van der Waals surface area contributed by atoms with E-state index in [4.69, 9.17) is 16.3 Å². The van der Waals surface area contributed by atoms with Gasteiger partial charge in [-0.05, 0) is 49.2 Å². The Balaban J connectivity index is 1.93. The summed E-state index contributed by atoms with van der Waals surface area (Å²) in [6.45, 7) is 4.15. The first kappa shape index (κ1) is 17.8. The maximum atomic E-state index is 12.1. The number of sulfonamides is 1. The molecule has 0 radical (unpaired) electrons. The molecule has 0 aliphatic carbocycles. The summed E-state index contributed by atoms with van der Waals surface area (Å²) in [6, 6.07) is 14.2. The normalized spacial score (nSPS) is 11.7. The largest absolute Gasteiger partial charge is 0.491 e. The standard InChI is InChI=1S/C17H20ClNO3S/c1-13(2)22-17-8-6-14(7-9-17)11-19-23(20,21)12-15-4-3-5-16(18)10-15/h3-10,13,19H,11-12H2,1-2H3. The van der Waals surface area contributed by atoms with Crippen LogP contribution in [0.2, 0.25) is 5.02 Å². The van der Waals surface area contributed by atoms with Crippen molar-refractivity contribution in [2.24, 2.45) is 0 Å². The number of rotatable bonds is 7. The fourth-order valence-electron chi connectivity index (χ4n) is 2.05.